The van der Waals surface area contributed by atoms with E-state index in [0.29, 0.717) is 17.5 Å². The van der Waals surface area contributed by atoms with Crippen molar-refractivity contribution in [1.82, 2.24) is 0 Å². The molecule has 0 atom stereocenters. The van der Waals surface area contributed by atoms with Gasteiger partial charge in [0.1, 0.15) is 6.08 Å². The number of nitro groups is 2. The maximum Gasteiger partial charge on any atom is 0.344 e. The highest BCUT2D eigenvalue weighted by Gasteiger charge is 2.22. The third kappa shape index (κ3) is 5.29. The van der Waals surface area contributed by atoms with E-state index in [0.717, 1.165) is 11.1 Å². The van der Waals surface area contributed by atoms with E-state index < -0.39 is 20.7 Å². The number of nitrogens with one attached hydrogen (secondary N) is 2. The number of halogens is 1. The number of anilines is 2. The van der Waals surface area contributed by atoms with E-state index in [2.05, 4.69) is 10.6 Å². The van der Waals surface area contributed by atoms with Crippen molar-refractivity contribution in [2.24, 2.45) is 0 Å². The van der Waals surface area contributed by atoms with Crippen LogP contribution >= 0.6 is 11.6 Å². The van der Waals surface area contributed by atoms with Crippen LogP contribution in [0.25, 0.3) is 0 Å². The predicted octanol–water partition coefficient (Wildman–Crippen LogP) is 4.63. The van der Waals surface area contributed by atoms with E-state index in [1.807, 2.05) is 38.1 Å². The van der Waals surface area contributed by atoms with E-state index in [4.69, 9.17) is 11.6 Å². The van der Waals surface area contributed by atoms with Crippen LogP contribution in [-0.2, 0) is 0 Å². The van der Waals surface area contributed by atoms with Gasteiger partial charge in [-0.3, -0.25) is 20.2 Å². The lowest BCUT2D eigenvalue weighted by Gasteiger charge is -2.16. The van der Waals surface area contributed by atoms with Gasteiger partial charge in [-0.15, -0.1) is 0 Å². The van der Waals surface area contributed by atoms with E-state index in [1.54, 1.807) is 24.3 Å². The number of aryl methyl sites for hydroxylation is 2. The second kappa shape index (κ2) is 8.81. The zero-order valence-corrected chi connectivity index (χ0v) is 15.4. The predicted molar refractivity (Wildman–Crippen MR) is 105 cm³/mol. The lowest BCUT2D eigenvalue weighted by molar-refractivity contribution is -0.428. The van der Waals surface area contributed by atoms with Crippen molar-refractivity contribution in [3.05, 3.63) is 103 Å². The molecule has 0 heterocycles. The van der Waals surface area contributed by atoms with Crippen LogP contribution < -0.4 is 10.6 Å². The summed E-state index contributed by atoms with van der Waals surface area (Å²) in [5.41, 5.74) is 2.34. The van der Waals surface area contributed by atoms with Crippen LogP contribution in [0.4, 0.5) is 11.4 Å². The molecule has 2 N–H and O–H groups in total. The summed E-state index contributed by atoms with van der Waals surface area (Å²) in [5, 5.41) is 27.5. The molecule has 0 saturated heterocycles. The molecular weight excluding hydrogens is 372 g/mol. The van der Waals surface area contributed by atoms with Crippen molar-refractivity contribution in [3.63, 3.8) is 0 Å². The average Bonchev–Trinajstić information content (AvgIpc) is 2.62. The highest BCUT2D eigenvalue weighted by Crippen LogP contribution is 2.23. The average molecular weight is 389 g/mol. The first-order chi connectivity index (χ1) is 12.8. The molecule has 2 rings (SSSR count). The standard InChI is InChI=1S/C18H17ClN4O4/c1-12-7-3-5-9-14(12)20-18(21-15-10-6-4-8-13(15)2)16(22(24)25)11-17(19)23(26)27/h3-11,20-21H,1-2H3/b17-11+. The third-order valence-corrected chi connectivity index (χ3v) is 3.94. The van der Waals surface area contributed by atoms with Gasteiger partial charge in [0.25, 0.3) is 0 Å². The Balaban J connectivity index is 2.60. The first-order valence-electron chi connectivity index (χ1n) is 7.85. The Morgan fingerprint density at radius 2 is 1.33 bits per heavy atom. The minimum absolute atomic E-state index is 0.0383. The first-order valence-corrected chi connectivity index (χ1v) is 8.23. The Morgan fingerprint density at radius 3 is 1.70 bits per heavy atom. The van der Waals surface area contributed by atoms with Gasteiger partial charge in [0.05, 0.1) is 9.85 Å². The zero-order chi connectivity index (χ0) is 20.0. The number of allylic oxidation sites excluding steroid dienone is 1. The lowest BCUT2D eigenvalue weighted by Crippen LogP contribution is -2.17. The minimum Gasteiger partial charge on any atom is -0.336 e. The monoisotopic (exact) mass is 388 g/mol. The Bertz CT molecular complexity index is 891. The van der Waals surface area contributed by atoms with Crippen molar-refractivity contribution in [2.75, 3.05) is 10.6 Å². The van der Waals surface area contributed by atoms with Crippen LogP contribution in [0.3, 0.4) is 0 Å². The SMILES string of the molecule is Cc1ccccc1NC(Nc1ccccc1C)=C(/C=C(\Cl)[N+](=O)[O-])[N+](=O)[O-]. The second-order valence-corrected chi connectivity index (χ2v) is 6.01. The molecule has 27 heavy (non-hydrogen) atoms. The molecule has 0 aliphatic carbocycles. The highest BCUT2D eigenvalue weighted by molar-refractivity contribution is 6.28. The van der Waals surface area contributed by atoms with Gasteiger partial charge in [0, 0.05) is 11.4 Å². The fourth-order valence-corrected chi connectivity index (χ4v) is 2.34. The minimum atomic E-state index is -0.899. The van der Waals surface area contributed by atoms with Crippen LogP contribution in [0.5, 0.6) is 0 Å². The number of benzene rings is 2. The maximum atomic E-state index is 11.6. The van der Waals surface area contributed by atoms with Crippen LogP contribution in [0.15, 0.2) is 71.3 Å². The summed E-state index contributed by atoms with van der Waals surface area (Å²) in [5.74, 6) is -0.0383. The quantitative estimate of drug-likeness (QED) is 0.309. The van der Waals surface area contributed by atoms with Crippen LogP contribution in [-0.4, -0.2) is 9.85 Å². The molecule has 0 unspecified atom stereocenters. The van der Waals surface area contributed by atoms with Crippen molar-refractivity contribution in [3.8, 4) is 0 Å². The molecule has 2 aromatic carbocycles. The molecule has 0 aromatic heterocycles. The summed E-state index contributed by atoms with van der Waals surface area (Å²) in [4.78, 5) is 20.8. The fraction of sp³-hybridized carbons (Fsp3) is 0.111. The van der Waals surface area contributed by atoms with Crippen molar-refractivity contribution in [2.45, 2.75) is 13.8 Å². The van der Waals surface area contributed by atoms with Gasteiger partial charge in [-0.05, 0) is 48.7 Å². The third-order valence-electron chi connectivity index (χ3n) is 3.69. The largest absolute Gasteiger partial charge is 0.344 e. The molecule has 0 radical (unpaired) electrons. The molecule has 8 nitrogen and oxygen atoms in total. The Labute approximate surface area is 160 Å². The Hall–Kier alpha value is -3.39. The molecule has 0 bridgehead atoms. The molecule has 140 valence electrons. The molecule has 0 aliphatic rings. The number of hydrogen-bond acceptors (Lipinski definition) is 6. The Morgan fingerprint density at radius 1 is 0.889 bits per heavy atom. The van der Waals surface area contributed by atoms with Gasteiger partial charge in [-0.1, -0.05) is 36.4 Å². The number of rotatable bonds is 7. The van der Waals surface area contributed by atoms with Crippen molar-refractivity contribution >= 4 is 23.0 Å². The summed E-state index contributed by atoms with van der Waals surface area (Å²) in [6, 6.07) is 14.3. The lowest BCUT2D eigenvalue weighted by atomic mass is 10.2. The summed E-state index contributed by atoms with van der Waals surface area (Å²) >= 11 is 5.53. The second-order valence-electron chi connectivity index (χ2n) is 5.62. The van der Waals surface area contributed by atoms with E-state index in [9.17, 15) is 20.2 Å². The smallest absolute Gasteiger partial charge is 0.336 e. The number of para-hydroxylation sites is 2. The van der Waals surface area contributed by atoms with E-state index in [1.165, 1.54) is 0 Å². The normalized spacial score (nSPS) is 10.9. The van der Waals surface area contributed by atoms with Gasteiger partial charge >= 0.3 is 10.9 Å². The van der Waals surface area contributed by atoms with E-state index >= 15 is 0 Å². The molecule has 2 aromatic rings. The van der Waals surface area contributed by atoms with Crippen LogP contribution in [0.1, 0.15) is 11.1 Å². The summed E-state index contributed by atoms with van der Waals surface area (Å²) in [6.45, 7) is 3.67. The Kier molecular flexibility index (Phi) is 6.51. The molecular formula is C18H17ClN4O4. The molecule has 9 heteroatoms. The number of hydrogen-bond donors (Lipinski definition) is 2. The zero-order valence-electron chi connectivity index (χ0n) is 14.6. The van der Waals surface area contributed by atoms with Crippen molar-refractivity contribution < 1.29 is 9.85 Å². The van der Waals surface area contributed by atoms with Gasteiger partial charge in [-0.25, -0.2) is 0 Å². The molecule has 0 spiro atoms. The number of nitrogens with zero attached hydrogens (tertiary/aromatic N) is 2. The van der Waals surface area contributed by atoms with E-state index in [-0.39, 0.29) is 5.82 Å². The van der Waals surface area contributed by atoms with Crippen LogP contribution in [0.2, 0.25) is 0 Å². The molecule has 0 fully saturated rings. The van der Waals surface area contributed by atoms with Gasteiger partial charge in [0.2, 0.25) is 0 Å². The fourth-order valence-electron chi connectivity index (χ4n) is 2.24. The van der Waals surface area contributed by atoms with Crippen molar-refractivity contribution in [1.29, 1.82) is 0 Å². The molecule has 0 aliphatic heterocycles. The summed E-state index contributed by atoms with van der Waals surface area (Å²) < 4.78 is 0. The van der Waals surface area contributed by atoms with Crippen LogP contribution in [0, 0.1) is 34.1 Å². The van der Waals surface area contributed by atoms with Gasteiger partial charge < -0.3 is 10.6 Å². The summed E-state index contributed by atoms with van der Waals surface area (Å²) in [7, 11) is 0. The van der Waals surface area contributed by atoms with Gasteiger partial charge in [-0.2, -0.15) is 0 Å². The summed E-state index contributed by atoms with van der Waals surface area (Å²) in [6.07, 6.45) is 0.702. The topological polar surface area (TPSA) is 110 Å². The molecule has 0 amide bonds. The first kappa shape index (κ1) is 19.9. The van der Waals surface area contributed by atoms with Gasteiger partial charge in [0.15, 0.2) is 5.82 Å². The highest BCUT2D eigenvalue weighted by atomic mass is 35.5. The maximum absolute atomic E-state index is 11.6. The molecule has 0 saturated carbocycles.